The van der Waals surface area contributed by atoms with Crippen LogP contribution in [-0.4, -0.2) is 67.4 Å². The molecule has 2 aliphatic rings. The van der Waals surface area contributed by atoms with Crippen molar-refractivity contribution in [3.63, 3.8) is 0 Å². The van der Waals surface area contributed by atoms with Crippen molar-refractivity contribution in [2.75, 3.05) is 26.4 Å². The molecule has 10 nitrogen and oxygen atoms in total. The molecule has 0 saturated carbocycles. The zero-order valence-electron chi connectivity index (χ0n) is 25.5. The number of carbonyl (C=O) groups excluding carboxylic acids is 4. The number of esters is 1. The summed E-state index contributed by atoms with van der Waals surface area (Å²) < 4.78 is 11.3. The van der Waals surface area contributed by atoms with E-state index in [4.69, 9.17) is 14.6 Å². The lowest BCUT2D eigenvalue weighted by atomic mass is 9.97. The maximum Gasteiger partial charge on any atom is 0.407 e. The van der Waals surface area contributed by atoms with E-state index in [0.717, 1.165) is 27.8 Å². The Morgan fingerprint density at radius 2 is 1.54 bits per heavy atom. The van der Waals surface area contributed by atoms with Crippen LogP contribution in [-0.2, 0) is 30.3 Å². The predicted octanol–water partition coefficient (Wildman–Crippen LogP) is 3.63. The summed E-state index contributed by atoms with van der Waals surface area (Å²) in [5, 5.41) is 17.3. The van der Waals surface area contributed by atoms with Gasteiger partial charge in [-0.05, 0) is 47.1 Å². The Morgan fingerprint density at radius 3 is 2.24 bits per heavy atom. The van der Waals surface area contributed by atoms with Crippen molar-refractivity contribution in [1.82, 2.24) is 16.0 Å². The highest BCUT2D eigenvalue weighted by Gasteiger charge is 2.31. The van der Waals surface area contributed by atoms with Crippen LogP contribution in [0.15, 0.2) is 91.0 Å². The molecular formula is C36H39N3O7. The van der Waals surface area contributed by atoms with E-state index >= 15 is 0 Å². The smallest absolute Gasteiger partial charge is 0.407 e. The molecule has 240 valence electrons. The standard InChI is InChI=1S/C36H39N3O7/c40-19-18-37-33(41)21-25-12-4-9-17-32(35(43)45-22-26(38-34(25)42)20-24-10-2-1-3-11-24)39-36(44)46-23-31-29-15-7-5-13-27(29)28-14-6-8-16-30(28)31/h1-11,13-16,25-26,31-32,40H,12,17-23H2,(H,37,41)(H,38,42)(H,39,44)/b9-4-/t25-,26-,32+/m1/s1. The lowest BCUT2D eigenvalue weighted by Gasteiger charge is -2.24. The number of hydrogen-bond donors (Lipinski definition) is 4. The Kier molecular flexibility index (Phi) is 11.2. The molecule has 5 rings (SSSR count). The zero-order valence-corrected chi connectivity index (χ0v) is 25.5. The predicted molar refractivity (Wildman–Crippen MR) is 172 cm³/mol. The number of cyclic esters (lactones) is 1. The second-order valence-electron chi connectivity index (χ2n) is 11.5. The van der Waals surface area contributed by atoms with Gasteiger partial charge in [-0.2, -0.15) is 0 Å². The van der Waals surface area contributed by atoms with Crippen LogP contribution < -0.4 is 16.0 Å². The summed E-state index contributed by atoms with van der Waals surface area (Å²) in [4.78, 5) is 52.0. The van der Waals surface area contributed by atoms with Gasteiger partial charge in [-0.3, -0.25) is 9.59 Å². The second kappa shape index (κ2) is 15.9. The Hall–Kier alpha value is -4.96. The van der Waals surface area contributed by atoms with E-state index < -0.39 is 30.1 Å². The third kappa shape index (κ3) is 8.39. The minimum Gasteiger partial charge on any atom is -0.462 e. The Bertz CT molecular complexity index is 1510. The van der Waals surface area contributed by atoms with Gasteiger partial charge < -0.3 is 30.5 Å². The Morgan fingerprint density at radius 1 is 0.891 bits per heavy atom. The first kappa shape index (κ1) is 32.4. The molecule has 0 aromatic heterocycles. The third-order valence-electron chi connectivity index (χ3n) is 8.21. The quantitative estimate of drug-likeness (QED) is 0.210. The third-order valence-corrected chi connectivity index (χ3v) is 8.21. The fourth-order valence-electron chi connectivity index (χ4n) is 5.92. The van der Waals surface area contributed by atoms with Crippen LogP contribution in [0.4, 0.5) is 4.79 Å². The first-order chi connectivity index (χ1) is 22.4. The molecule has 1 heterocycles. The molecule has 1 aliphatic carbocycles. The van der Waals surface area contributed by atoms with E-state index in [1.165, 1.54) is 0 Å². The summed E-state index contributed by atoms with van der Waals surface area (Å²) in [7, 11) is 0. The Balaban J connectivity index is 1.27. The van der Waals surface area contributed by atoms with E-state index in [1.807, 2.05) is 66.7 Å². The highest BCUT2D eigenvalue weighted by atomic mass is 16.6. The van der Waals surface area contributed by atoms with Gasteiger partial charge in [0.25, 0.3) is 0 Å². The second-order valence-corrected chi connectivity index (χ2v) is 11.5. The van der Waals surface area contributed by atoms with Crippen molar-refractivity contribution in [2.24, 2.45) is 5.92 Å². The Labute approximate surface area is 268 Å². The van der Waals surface area contributed by atoms with E-state index in [9.17, 15) is 19.2 Å². The number of benzene rings is 3. The molecule has 10 heteroatoms. The van der Waals surface area contributed by atoms with E-state index in [1.54, 1.807) is 12.2 Å². The molecule has 0 saturated heterocycles. The summed E-state index contributed by atoms with van der Waals surface area (Å²) in [6, 6.07) is 23.9. The molecule has 3 aromatic rings. The molecule has 0 radical (unpaired) electrons. The molecule has 1 aliphatic heterocycles. The number of allylic oxidation sites excluding steroid dienone is 1. The number of amides is 3. The summed E-state index contributed by atoms with van der Waals surface area (Å²) >= 11 is 0. The van der Waals surface area contributed by atoms with Crippen LogP contribution in [0.5, 0.6) is 0 Å². The van der Waals surface area contributed by atoms with Crippen LogP contribution in [0.1, 0.15) is 41.9 Å². The summed E-state index contributed by atoms with van der Waals surface area (Å²) in [5.74, 6) is -2.15. The lowest BCUT2D eigenvalue weighted by molar-refractivity contribution is -0.147. The number of hydrogen-bond acceptors (Lipinski definition) is 7. The number of fused-ring (bicyclic) bond motifs is 3. The van der Waals surface area contributed by atoms with Crippen molar-refractivity contribution in [2.45, 2.75) is 43.7 Å². The summed E-state index contributed by atoms with van der Waals surface area (Å²) in [5.41, 5.74) is 5.32. The lowest BCUT2D eigenvalue weighted by Crippen LogP contribution is -2.47. The number of ether oxygens (including phenoxy) is 2. The minimum absolute atomic E-state index is 0.0740. The molecule has 0 bridgehead atoms. The molecule has 0 fully saturated rings. The molecule has 4 N–H and O–H groups in total. The largest absolute Gasteiger partial charge is 0.462 e. The average molecular weight is 626 g/mol. The molecule has 46 heavy (non-hydrogen) atoms. The first-order valence-electron chi connectivity index (χ1n) is 15.6. The van der Waals surface area contributed by atoms with E-state index in [0.29, 0.717) is 6.42 Å². The van der Waals surface area contributed by atoms with Gasteiger partial charge in [-0.1, -0.05) is 91.0 Å². The van der Waals surface area contributed by atoms with Crippen molar-refractivity contribution in [3.8, 4) is 11.1 Å². The maximum absolute atomic E-state index is 13.3. The van der Waals surface area contributed by atoms with Crippen molar-refractivity contribution < 1.29 is 33.8 Å². The molecule has 3 aromatic carbocycles. The number of aliphatic hydroxyl groups is 1. The monoisotopic (exact) mass is 625 g/mol. The minimum atomic E-state index is -1.02. The van der Waals surface area contributed by atoms with Gasteiger partial charge in [-0.25, -0.2) is 9.59 Å². The van der Waals surface area contributed by atoms with Gasteiger partial charge in [0.1, 0.15) is 19.3 Å². The molecule has 3 amide bonds. The van der Waals surface area contributed by atoms with Crippen LogP contribution in [0, 0.1) is 5.92 Å². The van der Waals surface area contributed by atoms with Crippen LogP contribution in [0.25, 0.3) is 11.1 Å². The average Bonchev–Trinajstić information content (AvgIpc) is 3.39. The number of nitrogens with one attached hydrogen (secondary N) is 3. The fraction of sp³-hybridized carbons (Fsp3) is 0.333. The topological polar surface area (TPSA) is 143 Å². The van der Waals surface area contributed by atoms with Crippen LogP contribution in [0.2, 0.25) is 0 Å². The highest BCUT2D eigenvalue weighted by Crippen LogP contribution is 2.44. The molecule has 0 spiro atoms. The van der Waals surface area contributed by atoms with E-state index in [-0.39, 0.29) is 63.4 Å². The fourth-order valence-corrected chi connectivity index (χ4v) is 5.92. The normalized spacial score (nSPS) is 20.5. The van der Waals surface area contributed by atoms with Gasteiger partial charge in [0.2, 0.25) is 11.8 Å². The molecular weight excluding hydrogens is 586 g/mol. The number of alkyl carbamates (subject to hydrolysis) is 1. The number of aliphatic hydroxyl groups excluding tert-OH is 1. The molecule has 3 atom stereocenters. The van der Waals surface area contributed by atoms with Crippen LogP contribution in [0.3, 0.4) is 0 Å². The number of rotatable bonds is 9. The summed E-state index contributed by atoms with van der Waals surface area (Å²) in [6.45, 7) is -0.137. The van der Waals surface area contributed by atoms with Crippen LogP contribution >= 0.6 is 0 Å². The van der Waals surface area contributed by atoms with E-state index in [2.05, 4.69) is 28.1 Å². The molecule has 0 unspecified atom stereocenters. The highest BCUT2D eigenvalue weighted by molar-refractivity contribution is 5.86. The van der Waals surface area contributed by atoms with Gasteiger partial charge in [0.05, 0.1) is 18.6 Å². The van der Waals surface area contributed by atoms with Crippen molar-refractivity contribution in [1.29, 1.82) is 0 Å². The number of carbonyl (C=O) groups is 4. The van der Waals surface area contributed by atoms with Gasteiger partial charge in [-0.15, -0.1) is 0 Å². The summed E-state index contributed by atoms with van der Waals surface area (Å²) in [6.07, 6.45) is 3.33. The van der Waals surface area contributed by atoms with Crippen molar-refractivity contribution in [3.05, 3.63) is 108 Å². The van der Waals surface area contributed by atoms with Crippen molar-refractivity contribution >= 4 is 23.9 Å². The SMILES string of the molecule is O=C(C[C@H]1C/C=C\C[C@H](NC(=O)OCC2c3ccccc3-c3ccccc32)C(=O)OC[C@@H](Cc2ccccc2)NC1=O)NCCO. The van der Waals surface area contributed by atoms with Gasteiger partial charge >= 0.3 is 12.1 Å². The van der Waals surface area contributed by atoms with Gasteiger partial charge in [0, 0.05) is 18.9 Å². The maximum atomic E-state index is 13.3. The zero-order chi connectivity index (χ0) is 32.3. The van der Waals surface area contributed by atoms with Gasteiger partial charge in [0.15, 0.2) is 0 Å². The first-order valence-corrected chi connectivity index (χ1v) is 15.6.